The molecule has 0 spiro atoms. The van der Waals surface area contributed by atoms with E-state index in [-0.39, 0.29) is 17.3 Å². The van der Waals surface area contributed by atoms with E-state index in [0.29, 0.717) is 32.9 Å². The number of anilines is 1. The molecule has 0 aromatic heterocycles. The first-order valence-electron chi connectivity index (χ1n) is 11.9. The van der Waals surface area contributed by atoms with Gasteiger partial charge < -0.3 is 10.2 Å². The third-order valence-electron chi connectivity index (χ3n) is 5.78. The molecule has 0 radical (unpaired) electrons. The zero-order chi connectivity index (χ0) is 27.9. The van der Waals surface area contributed by atoms with Crippen LogP contribution in [0.4, 0.5) is 5.69 Å². The molecule has 0 fully saturated rings. The number of hydrogen-bond acceptors (Lipinski definition) is 4. The van der Waals surface area contributed by atoms with E-state index in [4.69, 9.17) is 34.8 Å². The fourth-order valence-corrected chi connectivity index (χ4v) is 5.53. The molecule has 2 amide bonds. The van der Waals surface area contributed by atoms with E-state index in [1.807, 2.05) is 6.92 Å². The zero-order valence-corrected chi connectivity index (χ0v) is 24.0. The minimum atomic E-state index is -4.16. The first-order valence-corrected chi connectivity index (χ1v) is 14.5. The molecule has 1 N–H and O–H groups in total. The molecule has 11 heteroatoms. The van der Waals surface area contributed by atoms with Gasteiger partial charge in [-0.05, 0) is 67.4 Å². The van der Waals surface area contributed by atoms with Crippen molar-refractivity contribution in [2.75, 3.05) is 17.4 Å². The largest absolute Gasteiger partial charge is 0.354 e. The average molecular weight is 597 g/mol. The first kappa shape index (κ1) is 29.8. The lowest BCUT2D eigenvalue weighted by Gasteiger charge is -2.32. The molecule has 7 nitrogen and oxygen atoms in total. The van der Waals surface area contributed by atoms with Crippen LogP contribution < -0.4 is 9.62 Å². The van der Waals surface area contributed by atoms with Crippen molar-refractivity contribution in [3.05, 3.63) is 93.4 Å². The molecule has 0 aliphatic carbocycles. The van der Waals surface area contributed by atoms with Gasteiger partial charge in [-0.2, -0.15) is 0 Å². The second-order valence-electron chi connectivity index (χ2n) is 8.54. The van der Waals surface area contributed by atoms with Gasteiger partial charge in [0.25, 0.3) is 10.0 Å². The average Bonchev–Trinajstić information content (AvgIpc) is 2.91. The van der Waals surface area contributed by atoms with Crippen LogP contribution >= 0.6 is 34.8 Å². The van der Waals surface area contributed by atoms with Crippen LogP contribution in [0.1, 0.15) is 25.8 Å². The van der Waals surface area contributed by atoms with Gasteiger partial charge in [-0.1, -0.05) is 66.0 Å². The molecular formula is C27H28Cl3N3O4S. The van der Waals surface area contributed by atoms with Gasteiger partial charge in [0.15, 0.2) is 0 Å². The Morgan fingerprint density at radius 3 is 2.18 bits per heavy atom. The predicted octanol–water partition coefficient (Wildman–Crippen LogP) is 5.79. The molecule has 1 atom stereocenters. The minimum Gasteiger partial charge on any atom is -0.354 e. The Balaban J connectivity index is 2.00. The summed E-state index contributed by atoms with van der Waals surface area (Å²) in [7, 11) is -4.16. The maximum Gasteiger partial charge on any atom is 0.264 e. The number of hydrogen-bond donors (Lipinski definition) is 1. The molecule has 0 saturated heterocycles. The lowest BCUT2D eigenvalue weighted by Crippen LogP contribution is -2.51. The van der Waals surface area contributed by atoms with Crippen molar-refractivity contribution in [2.24, 2.45) is 0 Å². The topological polar surface area (TPSA) is 86.8 Å². The molecule has 0 saturated carbocycles. The Bertz CT molecular complexity index is 1370. The van der Waals surface area contributed by atoms with Gasteiger partial charge in [0.05, 0.1) is 20.6 Å². The van der Waals surface area contributed by atoms with E-state index in [9.17, 15) is 18.0 Å². The second-order valence-corrected chi connectivity index (χ2v) is 11.7. The summed E-state index contributed by atoms with van der Waals surface area (Å²) in [4.78, 5) is 28.0. The molecule has 3 aromatic rings. The van der Waals surface area contributed by atoms with Gasteiger partial charge in [-0.15, -0.1) is 0 Å². The summed E-state index contributed by atoms with van der Waals surface area (Å²) >= 11 is 18.2. The van der Waals surface area contributed by atoms with Crippen molar-refractivity contribution >= 4 is 62.3 Å². The van der Waals surface area contributed by atoms with Crippen molar-refractivity contribution in [3.8, 4) is 0 Å². The van der Waals surface area contributed by atoms with Crippen molar-refractivity contribution in [3.63, 3.8) is 0 Å². The maximum atomic E-state index is 13.8. The number of benzene rings is 3. The van der Waals surface area contributed by atoms with Crippen LogP contribution in [0.15, 0.2) is 77.7 Å². The first-order chi connectivity index (χ1) is 18.0. The molecule has 3 rings (SSSR count). The highest BCUT2D eigenvalue weighted by Gasteiger charge is 2.32. The van der Waals surface area contributed by atoms with Crippen LogP contribution in [0.5, 0.6) is 0 Å². The van der Waals surface area contributed by atoms with Gasteiger partial charge in [0, 0.05) is 18.1 Å². The van der Waals surface area contributed by atoms with Crippen molar-refractivity contribution in [1.29, 1.82) is 0 Å². The number of nitrogens with zero attached hydrogens (tertiary/aromatic N) is 2. The lowest BCUT2D eigenvalue weighted by molar-refractivity contribution is -0.139. The predicted molar refractivity (Wildman–Crippen MR) is 152 cm³/mol. The number of carbonyl (C=O) groups excluding carboxylic acids is 2. The molecule has 1 unspecified atom stereocenters. The summed E-state index contributed by atoms with van der Waals surface area (Å²) in [5, 5.41) is 3.83. The Morgan fingerprint density at radius 2 is 1.58 bits per heavy atom. The number of carbonyl (C=O) groups is 2. The highest BCUT2D eigenvalue weighted by molar-refractivity contribution is 7.92. The van der Waals surface area contributed by atoms with Crippen LogP contribution in [0.3, 0.4) is 0 Å². The van der Waals surface area contributed by atoms with Gasteiger partial charge >= 0.3 is 0 Å². The number of halogens is 3. The lowest BCUT2D eigenvalue weighted by atomic mass is 10.1. The third-order valence-corrected chi connectivity index (χ3v) is 8.56. The van der Waals surface area contributed by atoms with E-state index < -0.39 is 28.5 Å². The number of sulfonamides is 1. The number of rotatable bonds is 11. The molecule has 38 heavy (non-hydrogen) atoms. The minimum absolute atomic E-state index is 0.0139. The van der Waals surface area contributed by atoms with Crippen LogP contribution in [0, 0.1) is 0 Å². The van der Waals surface area contributed by atoms with E-state index in [1.165, 1.54) is 29.2 Å². The van der Waals surface area contributed by atoms with Gasteiger partial charge in [-0.3, -0.25) is 13.9 Å². The van der Waals surface area contributed by atoms with Crippen LogP contribution in [0.25, 0.3) is 0 Å². The molecule has 0 heterocycles. The van der Waals surface area contributed by atoms with Crippen LogP contribution in [-0.2, 0) is 26.2 Å². The highest BCUT2D eigenvalue weighted by atomic mass is 35.5. The van der Waals surface area contributed by atoms with Crippen molar-refractivity contribution in [2.45, 2.75) is 37.8 Å². The second kappa shape index (κ2) is 13.3. The number of nitrogens with one attached hydrogen (secondary N) is 1. The van der Waals surface area contributed by atoms with E-state index >= 15 is 0 Å². The summed E-state index contributed by atoms with van der Waals surface area (Å²) in [5.74, 6) is -0.927. The Kier molecular flexibility index (Phi) is 10.4. The third kappa shape index (κ3) is 7.41. The van der Waals surface area contributed by atoms with Gasteiger partial charge in [0.1, 0.15) is 12.6 Å². The normalized spacial score (nSPS) is 12.0. The Labute approximate surface area is 238 Å². The maximum absolute atomic E-state index is 13.8. The smallest absolute Gasteiger partial charge is 0.264 e. The molecule has 0 aliphatic heterocycles. The molecular weight excluding hydrogens is 569 g/mol. The Hall–Kier alpha value is -2.78. The quantitative estimate of drug-likeness (QED) is 0.304. The number of para-hydroxylation sites is 1. The zero-order valence-electron chi connectivity index (χ0n) is 20.9. The SMILES string of the molecule is CCCNC(=O)C(C)N(Cc1ccc(Cl)c(Cl)c1)C(=O)CN(c1ccccc1)S(=O)(=O)c1ccc(Cl)cc1. The molecule has 0 bridgehead atoms. The molecule has 3 aromatic carbocycles. The van der Waals surface area contributed by atoms with Crippen LogP contribution in [0.2, 0.25) is 15.1 Å². The summed E-state index contributed by atoms with van der Waals surface area (Å²) in [6.45, 7) is 3.44. The van der Waals surface area contributed by atoms with Crippen molar-refractivity contribution < 1.29 is 18.0 Å². The fraction of sp³-hybridized carbons (Fsp3) is 0.259. The highest BCUT2D eigenvalue weighted by Crippen LogP contribution is 2.26. The standard InChI is InChI=1S/C27H28Cl3N3O4S/c1-3-15-31-27(35)19(2)32(17-20-9-14-24(29)25(30)16-20)26(34)18-33(22-7-5-4-6-8-22)38(36,37)23-12-10-21(28)11-13-23/h4-14,16,19H,3,15,17-18H2,1-2H3,(H,31,35). The number of amides is 2. The summed E-state index contributed by atoms with van der Waals surface area (Å²) < 4.78 is 28.4. The van der Waals surface area contributed by atoms with Crippen molar-refractivity contribution in [1.82, 2.24) is 10.2 Å². The molecule has 0 aliphatic rings. The fourth-order valence-electron chi connectivity index (χ4n) is 3.67. The van der Waals surface area contributed by atoms with E-state index in [1.54, 1.807) is 55.5 Å². The summed E-state index contributed by atoms with van der Waals surface area (Å²) in [6, 6.07) is 18.0. The van der Waals surface area contributed by atoms with Gasteiger partial charge in [-0.25, -0.2) is 8.42 Å². The van der Waals surface area contributed by atoms with Gasteiger partial charge in [0.2, 0.25) is 11.8 Å². The van der Waals surface area contributed by atoms with E-state index in [2.05, 4.69) is 5.32 Å². The molecule has 202 valence electrons. The van der Waals surface area contributed by atoms with E-state index in [0.717, 1.165) is 10.7 Å². The monoisotopic (exact) mass is 595 g/mol. The Morgan fingerprint density at radius 1 is 0.921 bits per heavy atom. The van der Waals surface area contributed by atoms with Crippen LogP contribution in [-0.4, -0.2) is 44.3 Å². The summed E-state index contributed by atoms with van der Waals surface area (Å²) in [6.07, 6.45) is 0.723. The summed E-state index contributed by atoms with van der Waals surface area (Å²) in [5.41, 5.74) is 0.933.